The van der Waals surface area contributed by atoms with E-state index in [2.05, 4.69) is 15.3 Å². The van der Waals surface area contributed by atoms with Gasteiger partial charge in [-0.2, -0.15) is 0 Å². The van der Waals surface area contributed by atoms with Gasteiger partial charge < -0.3 is 15.2 Å². The molecule has 0 aliphatic heterocycles. The summed E-state index contributed by atoms with van der Waals surface area (Å²) in [4.78, 5) is 14.2. The molecular formula is C10H13FN6O3. The van der Waals surface area contributed by atoms with Crippen LogP contribution in [0.25, 0.3) is 0 Å². The normalized spacial score (nSPS) is 12.6. The fraction of sp³-hybridized carbons (Fsp3) is 0.500. The van der Waals surface area contributed by atoms with Crippen molar-refractivity contribution in [2.45, 2.75) is 19.5 Å². The summed E-state index contributed by atoms with van der Waals surface area (Å²) in [5, 5.41) is 27.3. The fourth-order valence-corrected chi connectivity index (χ4v) is 1.73. The number of imidazole rings is 1. The molecule has 2 rings (SSSR count). The second-order valence-corrected chi connectivity index (χ2v) is 4.19. The van der Waals surface area contributed by atoms with Crippen LogP contribution < -0.4 is 0 Å². The average Bonchev–Trinajstić information content (AvgIpc) is 3.00. The third kappa shape index (κ3) is 2.64. The number of hydrogen-bond donors (Lipinski definition) is 1. The van der Waals surface area contributed by atoms with E-state index in [0.29, 0.717) is 11.5 Å². The summed E-state index contributed by atoms with van der Waals surface area (Å²) >= 11 is 0. The van der Waals surface area contributed by atoms with Crippen LogP contribution in [0, 0.1) is 17.0 Å². The van der Waals surface area contributed by atoms with Crippen molar-refractivity contribution >= 4 is 5.82 Å². The van der Waals surface area contributed by atoms with Gasteiger partial charge in [-0.25, -0.2) is 18.6 Å². The van der Waals surface area contributed by atoms with Crippen molar-refractivity contribution < 1.29 is 14.4 Å². The predicted molar refractivity (Wildman–Crippen MR) is 64.8 cm³/mol. The first kappa shape index (κ1) is 14.1. The van der Waals surface area contributed by atoms with Gasteiger partial charge in [0.2, 0.25) is 0 Å². The quantitative estimate of drug-likeness (QED) is 0.600. The number of halogens is 1. The summed E-state index contributed by atoms with van der Waals surface area (Å²) < 4.78 is 15.2. The van der Waals surface area contributed by atoms with Gasteiger partial charge in [0.15, 0.2) is 5.82 Å². The maximum absolute atomic E-state index is 12.6. The third-order valence-corrected chi connectivity index (χ3v) is 2.86. The summed E-state index contributed by atoms with van der Waals surface area (Å²) in [5.74, 6) is 0.316. The molecule has 0 fully saturated rings. The number of aliphatic hydroxyl groups is 1. The van der Waals surface area contributed by atoms with Crippen LogP contribution >= 0.6 is 0 Å². The molecule has 0 spiro atoms. The molecule has 0 saturated heterocycles. The van der Waals surface area contributed by atoms with Gasteiger partial charge in [0.1, 0.15) is 31.2 Å². The summed E-state index contributed by atoms with van der Waals surface area (Å²) in [6.07, 6.45) is 2.61. The molecule has 1 N–H and O–H groups in total. The zero-order valence-electron chi connectivity index (χ0n) is 10.7. The van der Waals surface area contributed by atoms with Gasteiger partial charge in [-0.05, 0) is 4.92 Å². The van der Waals surface area contributed by atoms with Crippen molar-refractivity contribution in [3.63, 3.8) is 0 Å². The molecule has 2 heterocycles. The average molecular weight is 284 g/mol. The Morgan fingerprint density at radius 3 is 2.95 bits per heavy atom. The number of nitro groups is 1. The van der Waals surface area contributed by atoms with E-state index in [1.807, 2.05) is 0 Å². The molecule has 1 unspecified atom stereocenters. The molecule has 1 atom stereocenters. The van der Waals surface area contributed by atoms with E-state index in [-0.39, 0.29) is 12.4 Å². The Labute approximate surface area is 112 Å². The minimum absolute atomic E-state index is 0.104. The molecular weight excluding hydrogens is 271 g/mol. The SMILES string of the molecule is Cc1ncc([N+](=O)[O-])n1Cc1cn(C(CO)CF)nn1. The summed E-state index contributed by atoms with van der Waals surface area (Å²) in [7, 11) is 0. The van der Waals surface area contributed by atoms with Crippen LogP contribution in [0.4, 0.5) is 10.2 Å². The Morgan fingerprint density at radius 1 is 1.60 bits per heavy atom. The molecule has 0 aliphatic rings. The van der Waals surface area contributed by atoms with Gasteiger partial charge in [0.05, 0.1) is 12.8 Å². The lowest BCUT2D eigenvalue weighted by molar-refractivity contribution is -0.392. The molecule has 0 aromatic carbocycles. The highest BCUT2D eigenvalue weighted by Gasteiger charge is 2.20. The van der Waals surface area contributed by atoms with Crippen molar-refractivity contribution in [3.8, 4) is 0 Å². The largest absolute Gasteiger partial charge is 0.394 e. The Hall–Kier alpha value is -2.36. The first-order valence-electron chi connectivity index (χ1n) is 5.80. The van der Waals surface area contributed by atoms with Crippen molar-refractivity contribution in [2.24, 2.45) is 0 Å². The van der Waals surface area contributed by atoms with Crippen molar-refractivity contribution in [2.75, 3.05) is 13.3 Å². The highest BCUT2D eigenvalue weighted by molar-refractivity contribution is 5.20. The molecule has 20 heavy (non-hydrogen) atoms. The topological polar surface area (TPSA) is 112 Å². The lowest BCUT2D eigenvalue weighted by atomic mass is 10.3. The Morgan fingerprint density at radius 2 is 2.35 bits per heavy atom. The van der Waals surface area contributed by atoms with E-state index in [9.17, 15) is 14.5 Å². The zero-order valence-corrected chi connectivity index (χ0v) is 10.7. The molecule has 2 aromatic heterocycles. The first-order chi connectivity index (χ1) is 9.56. The van der Waals surface area contributed by atoms with Crippen molar-refractivity contribution in [1.82, 2.24) is 24.5 Å². The van der Waals surface area contributed by atoms with E-state index >= 15 is 0 Å². The minimum Gasteiger partial charge on any atom is -0.394 e. The zero-order chi connectivity index (χ0) is 14.7. The van der Waals surface area contributed by atoms with Crippen LogP contribution in [0.2, 0.25) is 0 Å². The summed E-state index contributed by atoms with van der Waals surface area (Å²) in [6.45, 7) is 0.565. The molecule has 0 radical (unpaired) electrons. The summed E-state index contributed by atoms with van der Waals surface area (Å²) in [5.41, 5.74) is 0.418. The molecule has 2 aromatic rings. The van der Waals surface area contributed by atoms with E-state index in [0.717, 1.165) is 6.20 Å². The van der Waals surface area contributed by atoms with Gasteiger partial charge in [0.25, 0.3) is 0 Å². The molecule has 0 saturated carbocycles. The van der Waals surface area contributed by atoms with E-state index in [4.69, 9.17) is 5.11 Å². The smallest absolute Gasteiger partial charge is 0.343 e. The third-order valence-electron chi connectivity index (χ3n) is 2.86. The number of aliphatic hydroxyl groups excluding tert-OH is 1. The van der Waals surface area contributed by atoms with Crippen LogP contribution in [0.3, 0.4) is 0 Å². The highest BCUT2D eigenvalue weighted by Crippen LogP contribution is 2.15. The minimum atomic E-state index is -0.796. The van der Waals surface area contributed by atoms with E-state index in [1.165, 1.54) is 15.4 Å². The maximum Gasteiger partial charge on any atom is 0.343 e. The molecule has 9 nitrogen and oxygen atoms in total. The summed E-state index contributed by atoms with van der Waals surface area (Å²) in [6, 6.07) is -0.796. The second kappa shape index (κ2) is 5.74. The van der Waals surface area contributed by atoms with Gasteiger partial charge in [0, 0.05) is 6.92 Å². The molecule has 10 heteroatoms. The Kier molecular flexibility index (Phi) is 4.03. The van der Waals surface area contributed by atoms with Crippen LogP contribution in [-0.4, -0.2) is 47.9 Å². The van der Waals surface area contributed by atoms with Crippen LogP contribution in [0.15, 0.2) is 12.4 Å². The Balaban J connectivity index is 2.23. The van der Waals surface area contributed by atoms with Gasteiger partial charge >= 0.3 is 5.82 Å². The monoisotopic (exact) mass is 284 g/mol. The van der Waals surface area contributed by atoms with E-state index < -0.39 is 24.2 Å². The van der Waals surface area contributed by atoms with Gasteiger partial charge in [-0.15, -0.1) is 5.10 Å². The number of hydrogen-bond acceptors (Lipinski definition) is 6. The van der Waals surface area contributed by atoms with Gasteiger partial charge in [-0.3, -0.25) is 0 Å². The lowest BCUT2D eigenvalue weighted by Crippen LogP contribution is -2.15. The van der Waals surface area contributed by atoms with E-state index in [1.54, 1.807) is 6.92 Å². The molecule has 0 bridgehead atoms. The number of rotatable bonds is 6. The predicted octanol–water partition coefficient (Wildman–Crippen LogP) is 0.242. The molecule has 0 amide bonds. The lowest BCUT2D eigenvalue weighted by Gasteiger charge is -2.07. The fourth-order valence-electron chi connectivity index (χ4n) is 1.73. The molecule has 0 aliphatic carbocycles. The highest BCUT2D eigenvalue weighted by atomic mass is 19.1. The number of nitrogens with zero attached hydrogens (tertiary/aromatic N) is 6. The number of alkyl halides is 1. The number of aryl methyl sites for hydroxylation is 1. The second-order valence-electron chi connectivity index (χ2n) is 4.19. The molecule has 108 valence electrons. The first-order valence-corrected chi connectivity index (χ1v) is 5.80. The van der Waals surface area contributed by atoms with Crippen LogP contribution in [-0.2, 0) is 6.54 Å². The number of aromatic nitrogens is 5. The van der Waals surface area contributed by atoms with Crippen molar-refractivity contribution in [3.05, 3.63) is 34.0 Å². The standard InChI is InChI=1S/C10H13FN6O3/c1-7-12-3-10(17(19)20)15(7)4-8-5-16(14-13-8)9(2-11)6-18/h3,5,9,18H,2,4,6H2,1H3. The van der Waals surface area contributed by atoms with Crippen LogP contribution in [0.1, 0.15) is 17.6 Å². The Bertz CT molecular complexity index is 606. The maximum atomic E-state index is 12.6. The van der Waals surface area contributed by atoms with Crippen LogP contribution in [0.5, 0.6) is 0 Å². The van der Waals surface area contributed by atoms with Crippen molar-refractivity contribution in [1.29, 1.82) is 0 Å². The van der Waals surface area contributed by atoms with Gasteiger partial charge in [-0.1, -0.05) is 5.21 Å².